The Labute approximate surface area is 160 Å². The van der Waals surface area contributed by atoms with Crippen molar-refractivity contribution < 1.29 is 14.0 Å². The van der Waals surface area contributed by atoms with Crippen molar-refractivity contribution in [1.29, 1.82) is 0 Å². The van der Waals surface area contributed by atoms with E-state index in [4.69, 9.17) is 9.57 Å². The molecule has 0 aliphatic carbocycles. The van der Waals surface area contributed by atoms with Gasteiger partial charge in [-0.2, -0.15) is 4.99 Å². The van der Waals surface area contributed by atoms with Crippen LogP contribution in [0, 0.1) is 5.82 Å². The number of hydrogen-bond donors (Lipinski definition) is 1. The maximum absolute atomic E-state index is 13.1. The van der Waals surface area contributed by atoms with Gasteiger partial charge in [-0.1, -0.05) is 18.7 Å². The second-order valence-electron chi connectivity index (χ2n) is 6.57. The van der Waals surface area contributed by atoms with Crippen molar-refractivity contribution in [3.05, 3.63) is 56.6 Å². The van der Waals surface area contributed by atoms with Crippen LogP contribution in [0.2, 0.25) is 0 Å². The fraction of sp³-hybridized carbons (Fsp3) is 0.316. The lowest BCUT2D eigenvalue weighted by atomic mass is 10.1. The van der Waals surface area contributed by atoms with Crippen molar-refractivity contribution in [1.82, 2.24) is 15.0 Å². The van der Waals surface area contributed by atoms with Gasteiger partial charge in [0.25, 0.3) is 5.88 Å². The zero-order valence-corrected chi connectivity index (χ0v) is 15.4. The monoisotopic (exact) mass is 385 g/mol. The van der Waals surface area contributed by atoms with Crippen LogP contribution in [0.1, 0.15) is 5.56 Å². The molecule has 8 nitrogen and oxygen atoms in total. The molecule has 0 spiro atoms. The number of aliphatic imine (C=N–C) groups is 1. The van der Waals surface area contributed by atoms with Crippen LogP contribution < -0.4 is 26.5 Å². The molecule has 0 saturated carbocycles. The second-order valence-corrected chi connectivity index (χ2v) is 6.57. The first-order valence-corrected chi connectivity index (χ1v) is 8.91. The standard InChI is InChI=1S/C19H20FN5O3/c1-12-17(26)16(22-19(24(12)2)25-7-9-27-10-8-25)18-21-15(23-28-18)11-13-3-5-14(20)6-4-13/h3-6H,1,7-11H2,2H3,(H,21,23). The average molecular weight is 385 g/mol. The van der Waals surface area contributed by atoms with Crippen LogP contribution in [0.3, 0.4) is 0 Å². The van der Waals surface area contributed by atoms with Gasteiger partial charge in [0.1, 0.15) is 11.7 Å². The number of nitrogens with zero attached hydrogens (tertiary/aromatic N) is 4. The predicted octanol–water partition coefficient (Wildman–Crippen LogP) is -0.592. The van der Waals surface area contributed by atoms with Crippen molar-refractivity contribution in [3.63, 3.8) is 0 Å². The molecule has 28 heavy (non-hydrogen) atoms. The molecule has 1 aromatic carbocycles. The van der Waals surface area contributed by atoms with Crippen LogP contribution in [0.15, 0.2) is 34.1 Å². The largest absolute Gasteiger partial charge is 0.378 e. The normalized spacial score (nSPS) is 18.5. The molecule has 2 aromatic rings. The van der Waals surface area contributed by atoms with Crippen molar-refractivity contribution in [2.24, 2.45) is 12.0 Å². The summed E-state index contributed by atoms with van der Waals surface area (Å²) in [6, 6.07) is 6.10. The minimum absolute atomic E-state index is 0.0992. The van der Waals surface area contributed by atoms with Gasteiger partial charge in [-0.15, -0.1) is 0 Å². The topological polar surface area (TPSA) is 81.0 Å². The third-order valence-electron chi connectivity index (χ3n) is 4.68. The van der Waals surface area contributed by atoms with Crippen molar-refractivity contribution in [3.8, 4) is 0 Å². The number of anilines is 1. The lowest BCUT2D eigenvalue weighted by molar-refractivity contribution is 0.121. The molecule has 3 heterocycles. The predicted molar refractivity (Wildman–Crippen MR) is 102 cm³/mol. The summed E-state index contributed by atoms with van der Waals surface area (Å²) in [7, 11) is 1.76. The van der Waals surface area contributed by atoms with Crippen LogP contribution >= 0.6 is 0 Å². The molecule has 1 fully saturated rings. The van der Waals surface area contributed by atoms with Gasteiger partial charge in [-0.05, 0) is 17.7 Å². The fourth-order valence-corrected chi connectivity index (χ4v) is 3.07. The van der Waals surface area contributed by atoms with E-state index < -0.39 is 0 Å². The Balaban J connectivity index is 1.73. The molecule has 2 aliphatic heterocycles. The summed E-state index contributed by atoms with van der Waals surface area (Å²) in [4.78, 5) is 29.0. The van der Waals surface area contributed by atoms with Gasteiger partial charge >= 0.3 is 0 Å². The lowest BCUT2D eigenvalue weighted by Gasteiger charge is -2.29. The molecule has 1 saturated heterocycles. The molecule has 1 N–H and O–H groups in total. The Morgan fingerprint density at radius 3 is 2.68 bits per heavy atom. The summed E-state index contributed by atoms with van der Waals surface area (Å²) in [5.74, 6) is 0.919. The zero-order valence-electron chi connectivity index (χ0n) is 15.4. The van der Waals surface area contributed by atoms with E-state index >= 15 is 0 Å². The maximum atomic E-state index is 13.1. The van der Waals surface area contributed by atoms with E-state index in [2.05, 4.69) is 22.0 Å². The van der Waals surface area contributed by atoms with Crippen molar-refractivity contribution in [2.75, 3.05) is 31.2 Å². The number of rotatable bonds is 3. The van der Waals surface area contributed by atoms with Gasteiger partial charge in [0.15, 0.2) is 5.35 Å². The van der Waals surface area contributed by atoms with E-state index in [1.54, 1.807) is 23.7 Å². The summed E-state index contributed by atoms with van der Waals surface area (Å²) in [5, 5.41) is 0.399. The summed E-state index contributed by atoms with van der Waals surface area (Å²) < 4.78 is 20.1. The highest BCUT2D eigenvalue weighted by atomic mass is 19.1. The average Bonchev–Trinajstić information content (AvgIpc) is 3.17. The first-order chi connectivity index (χ1) is 13.5. The fourth-order valence-electron chi connectivity index (χ4n) is 3.07. The molecule has 0 unspecified atom stereocenters. The third kappa shape index (κ3) is 3.48. The van der Waals surface area contributed by atoms with Gasteiger partial charge in [0.2, 0.25) is 11.4 Å². The Hall–Kier alpha value is -3.20. The van der Waals surface area contributed by atoms with Gasteiger partial charge < -0.3 is 19.0 Å². The number of nitrogens with one attached hydrogen (secondary N) is 1. The minimum Gasteiger partial charge on any atom is -0.378 e. The van der Waals surface area contributed by atoms with Crippen molar-refractivity contribution >= 4 is 24.2 Å². The number of hydroxylamine groups is 1. The Morgan fingerprint density at radius 2 is 1.96 bits per heavy atom. The van der Waals surface area contributed by atoms with Crippen LogP contribution in [0.5, 0.6) is 0 Å². The number of ether oxygens (including phenoxy) is 1. The molecule has 0 atom stereocenters. The summed E-state index contributed by atoms with van der Waals surface area (Å²) in [6.45, 7) is 6.41. The van der Waals surface area contributed by atoms with Crippen LogP contribution in [0.4, 0.5) is 10.3 Å². The molecule has 4 rings (SSSR count). The zero-order chi connectivity index (χ0) is 19.7. The second kappa shape index (κ2) is 7.43. The number of benzene rings is 1. The number of morpholine rings is 1. The minimum atomic E-state index is -0.344. The van der Waals surface area contributed by atoms with E-state index in [0.717, 1.165) is 5.56 Å². The molecule has 0 bridgehead atoms. The molecular weight excluding hydrogens is 365 g/mol. The van der Waals surface area contributed by atoms with Crippen LogP contribution in [-0.4, -0.2) is 41.7 Å². The van der Waals surface area contributed by atoms with E-state index in [1.165, 1.54) is 12.1 Å². The SMILES string of the molecule is C=c1c(=O)c(=C2N=C(Cc3ccc(F)cc3)NO2)nc(N2CCOCC2)n1C. The number of aromatic nitrogens is 2. The van der Waals surface area contributed by atoms with Gasteiger partial charge in [-0.3, -0.25) is 4.79 Å². The van der Waals surface area contributed by atoms with Gasteiger partial charge in [0, 0.05) is 26.6 Å². The maximum Gasteiger partial charge on any atom is 0.277 e. The summed E-state index contributed by atoms with van der Waals surface area (Å²) in [5.41, 5.74) is 3.22. The quantitative estimate of drug-likeness (QED) is 0.761. The number of halogens is 1. The smallest absolute Gasteiger partial charge is 0.277 e. The Morgan fingerprint density at radius 1 is 1.25 bits per heavy atom. The Kier molecular flexibility index (Phi) is 4.82. The summed E-state index contributed by atoms with van der Waals surface area (Å²) in [6.07, 6.45) is 0.409. The molecule has 2 aliphatic rings. The van der Waals surface area contributed by atoms with E-state index in [0.29, 0.717) is 49.9 Å². The highest BCUT2D eigenvalue weighted by Gasteiger charge is 2.20. The van der Waals surface area contributed by atoms with Crippen molar-refractivity contribution in [2.45, 2.75) is 6.42 Å². The molecule has 1 aromatic heterocycles. The van der Waals surface area contributed by atoms with E-state index in [1.807, 2.05) is 4.90 Å². The lowest BCUT2D eigenvalue weighted by Crippen LogP contribution is -2.50. The highest BCUT2D eigenvalue weighted by molar-refractivity contribution is 5.88. The third-order valence-corrected chi connectivity index (χ3v) is 4.68. The number of hydrogen-bond acceptors (Lipinski definition) is 7. The molecular formula is C19H20FN5O3. The van der Waals surface area contributed by atoms with Gasteiger partial charge in [-0.25, -0.2) is 14.9 Å². The first kappa shape index (κ1) is 18.2. The highest BCUT2D eigenvalue weighted by Crippen LogP contribution is 2.11. The molecule has 0 amide bonds. The van der Waals surface area contributed by atoms with Crippen LogP contribution in [0.25, 0.3) is 12.5 Å². The number of amidine groups is 1. The molecule has 0 radical (unpaired) electrons. The molecule has 146 valence electrons. The Bertz CT molecular complexity index is 1090. The van der Waals surface area contributed by atoms with E-state index in [-0.39, 0.29) is 22.5 Å². The van der Waals surface area contributed by atoms with Crippen LogP contribution in [-0.2, 0) is 23.0 Å². The van der Waals surface area contributed by atoms with E-state index in [9.17, 15) is 9.18 Å². The van der Waals surface area contributed by atoms with Gasteiger partial charge in [0.05, 0.1) is 18.6 Å². The first-order valence-electron chi connectivity index (χ1n) is 8.91. The molecule has 9 heteroatoms. The summed E-state index contributed by atoms with van der Waals surface area (Å²) >= 11 is 0.